The van der Waals surface area contributed by atoms with E-state index in [2.05, 4.69) is 93.7 Å². The van der Waals surface area contributed by atoms with Crippen LogP contribution >= 0.6 is 0 Å². The molecule has 0 aliphatic heterocycles. The fraction of sp³-hybridized carbons (Fsp3) is 0.758. The minimum Gasteiger partial charge on any atom is -0.462 e. The molecule has 0 aliphatic rings. The molecule has 0 amide bonds. The molecule has 0 rings (SSSR count). The summed E-state index contributed by atoms with van der Waals surface area (Å²) in [6.07, 6.45) is 71.9. The molecular weight excluding hydrogens is 841 g/mol. The molecule has 0 radical (unpaired) electrons. The molecule has 6 nitrogen and oxygen atoms in total. The predicted molar refractivity (Wildman–Crippen MR) is 293 cm³/mol. The van der Waals surface area contributed by atoms with Gasteiger partial charge < -0.3 is 14.2 Å². The van der Waals surface area contributed by atoms with Gasteiger partial charge in [0.2, 0.25) is 0 Å². The molecule has 0 saturated carbocycles. The molecule has 0 aliphatic carbocycles. The van der Waals surface area contributed by atoms with Crippen molar-refractivity contribution in [2.45, 2.75) is 290 Å². The summed E-state index contributed by atoms with van der Waals surface area (Å²) in [6, 6.07) is 0. The molecule has 0 saturated heterocycles. The second-order valence-corrected chi connectivity index (χ2v) is 19.1. The van der Waals surface area contributed by atoms with Gasteiger partial charge in [-0.1, -0.05) is 254 Å². The summed E-state index contributed by atoms with van der Waals surface area (Å²) in [6.45, 7) is 6.40. The minimum absolute atomic E-state index is 0.0883. The van der Waals surface area contributed by atoms with Gasteiger partial charge in [0.25, 0.3) is 0 Å². The third-order valence-electron chi connectivity index (χ3n) is 12.5. The maximum atomic E-state index is 12.9. The zero-order valence-corrected chi connectivity index (χ0v) is 44.9. The number of esters is 3. The van der Waals surface area contributed by atoms with Gasteiger partial charge in [-0.2, -0.15) is 0 Å². The van der Waals surface area contributed by atoms with Crippen LogP contribution in [0.15, 0.2) is 72.9 Å². The normalized spacial score (nSPS) is 12.6. The Morgan fingerprint density at radius 2 is 0.574 bits per heavy atom. The number of carbonyl (C=O) groups is 3. The standard InChI is InChI=1S/C62H108O6/c1-4-7-10-13-16-19-22-25-27-29-31-33-35-37-40-43-46-49-52-55-61(64)67-58-59(57-66-60(63)54-51-48-45-42-39-24-21-18-15-12-9-6-3)68-62(65)56-53-50-47-44-41-38-36-34-32-30-28-26-23-20-17-14-11-8-5-2/h7,9-10,12,16,18-19,21,25,27,39,42,59H,4-6,8,11,13-15,17,20,22-24,26,28-38,40-41,43-58H2,1-3H3/b10-7-,12-9-,19-16-,21-18-,27-25-,42-39-. The number of allylic oxidation sites excluding steroid dienone is 12. The summed E-state index contributed by atoms with van der Waals surface area (Å²) in [7, 11) is 0. The van der Waals surface area contributed by atoms with Crippen LogP contribution in [-0.2, 0) is 28.6 Å². The van der Waals surface area contributed by atoms with Crippen molar-refractivity contribution in [1.29, 1.82) is 0 Å². The Morgan fingerprint density at radius 1 is 0.309 bits per heavy atom. The molecule has 0 fully saturated rings. The van der Waals surface area contributed by atoms with Crippen LogP contribution in [0.25, 0.3) is 0 Å². The highest BCUT2D eigenvalue weighted by Crippen LogP contribution is 2.16. The molecule has 0 aromatic carbocycles. The van der Waals surface area contributed by atoms with Crippen LogP contribution in [0.4, 0.5) is 0 Å². The van der Waals surface area contributed by atoms with E-state index >= 15 is 0 Å². The Balaban J connectivity index is 4.35. The Labute approximate surface area is 421 Å². The number of ether oxygens (including phenoxy) is 3. The maximum Gasteiger partial charge on any atom is 0.306 e. The summed E-state index contributed by atoms with van der Waals surface area (Å²) in [4.78, 5) is 38.1. The average molecular weight is 950 g/mol. The zero-order chi connectivity index (χ0) is 49.3. The molecule has 0 bridgehead atoms. The highest BCUT2D eigenvalue weighted by atomic mass is 16.6. The number of unbranched alkanes of at least 4 members (excludes halogenated alkanes) is 29. The van der Waals surface area contributed by atoms with Crippen molar-refractivity contribution in [1.82, 2.24) is 0 Å². The van der Waals surface area contributed by atoms with Crippen molar-refractivity contribution in [3.8, 4) is 0 Å². The van der Waals surface area contributed by atoms with Crippen LogP contribution in [0, 0.1) is 0 Å². The quantitative estimate of drug-likeness (QED) is 0.0262. The predicted octanol–water partition coefficient (Wildman–Crippen LogP) is 19.4. The topological polar surface area (TPSA) is 78.9 Å². The van der Waals surface area contributed by atoms with Gasteiger partial charge in [0.15, 0.2) is 6.10 Å². The molecular formula is C62H108O6. The number of carbonyl (C=O) groups excluding carboxylic acids is 3. The molecule has 0 heterocycles. The van der Waals surface area contributed by atoms with Crippen molar-refractivity contribution in [3.05, 3.63) is 72.9 Å². The Bertz CT molecular complexity index is 1270. The first-order valence-corrected chi connectivity index (χ1v) is 28.9. The number of rotatable bonds is 52. The number of hydrogen-bond acceptors (Lipinski definition) is 6. The Morgan fingerprint density at radius 3 is 0.926 bits per heavy atom. The van der Waals surface area contributed by atoms with Gasteiger partial charge in [-0.15, -0.1) is 0 Å². The molecule has 1 atom stereocenters. The van der Waals surface area contributed by atoms with Gasteiger partial charge in [-0.05, 0) is 83.5 Å². The zero-order valence-electron chi connectivity index (χ0n) is 44.9. The first-order chi connectivity index (χ1) is 33.5. The first-order valence-electron chi connectivity index (χ1n) is 28.9. The summed E-state index contributed by atoms with van der Waals surface area (Å²) in [5.74, 6) is -0.924. The van der Waals surface area contributed by atoms with E-state index in [1.807, 2.05) is 0 Å². The molecule has 0 N–H and O–H groups in total. The lowest BCUT2D eigenvalue weighted by Gasteiger charge is -2.18. The van der Waals surface area contributed by atoms with Gasteiger partial charge in [-0.3, -0.25) is 14.4 Å². The summed E-state index contributed by atoms with van der Waals surface area (Å²) in [5, 5.41) is 0. The molecule has 392 valence electrons. The van der Waals surface area contributed by atoms with Crippen molar-refractivity contribution in [2.75, 3.05) is 13.2 Å². The Hall–Kier alpha value is -3.15. The summed E-state index contributed by atoms with van der Waals surface area (Å²) >= 11 is 0. The second kappa shape index (κ2) is 56.4. The van der Waals surface area contributed by atoms with Gasteiger partial charge in [0, 0.05) is 19.3 Å². The van der Waals surface area contributed by atoms with Crippen LogP contribution in [0.5, 0.6) is 0 Å². The van der Waals surface area contributed by atoms with Crippen molar-refractivity contribution >= 4 is 17.9 Å². The van der Waals surface area contributed by atoms with E-state index in [4.69, 9.17) is 14.2 Å². The van der Waals surface area contributed by atoms with E-state index < -0.39 is 6.10 Å². The molecule has 0 aromatic heterocycles. The van der Waals surface area contributed by atoms with Gasteiger partial charge in [-0.25, -0.2) is 0 Å². The van der Waals surface area contributed by atoms with Crippen molar-refractivity contribution in [2.24, 2.45) is 0 Å². The molecule has 68 heavy (non-hydrogen) atoms. The van der Waals surface area contributed by atoms with Crippen LogP contribution < -0.4 is 0 Å². The van der Waals surface area contributed by atoms with E-state index in [1.54, 1.807) is 0 Å². The van der Waals surface area contributed by atoms with Gasteiger partial charge in [0.05, 0.1) is 0 Å². The Kier molecular flexibility index (Phi) is 53.8. The van der Waals surface area contributed by atoms with Crippen LogP contribution in [0.2, 0.25) is 0 Å². The van der Waals surface area contributed by atoms with Gasteiger partial charge >= 0.3 is 17.9 Å². The third kappa shape index (κ3) is 53.8. The van der Waals surface area contributed by atoms with Crippen molar-refractivity contribution < 1.29 is 28.6 Å². The van der Waals surface area contributed by atoms with E-state index in [1.165, 1.54) is 148 Å². The average Bonchev–Trinajstić information content (AvgIpc) is 3.34. The second-order valence-electron chi connectivity index (χ2n) is 19.1. The number of hydrogen-bond donors (Lipinski definition) is 0. The highest BCUT2D eigenvalue weighted by molar-refractivity contribution is 5.71. The summed E-state index contributed by atoms with van der Waals surface area (Å²) in [5.41, 5.74) is 0. The van der Waals surface area contributed by atoms with E-state index in [9.17, 15) is 14.4 Å². The smallest absolute Gasteiger partial charge is 0.306 e. The van der Waals surface area contributed by atoms with E-state index in [0.29, 0.717) is 19.3 Å². The van der Waals surface area contributed by atoms with Crippen LogP contribution in [-0.4, -0.2) is 37.2 Å². The fourth-order valence-electron chi connectivity index (χ4n) is 8.18. The molecule has 1 unspecified atom stereocenters. The highest BCUT2D eigenvalue weighted by Gasteiger charge is 2.19. The van der Waals surface area contributed by atoms with Crippen molar-refractivity contribution in [3.63, 3.8) is 0 Å². The monoisotopic (exact) mass is 949 g/mol. The maximum absolute atomic E-state index is 12.9. The van der Waals surface area contributed by atoms with Crippen LogP contribution in [0.1, 0.15) is 284 Å². The SMILES string of the molecule is CC/C=C\C/C=C\C/C=C\CCCCCCCCCCCC(=O)OCC(COC(=O)CCCC/C=C\C/C=C\C/C=C\CC)OC(=O)CCCCCCCCCCCCCCCCCCCCC. The lowest BCUT2D eigenvalue weighted by Crippen LogP contribution is -2.30. The van der Waals surface area contributed by atoms with Crippen LogP contribution in [0.3, 0.4) is 0 Å². The summed E-state index contributed by atoms with van der Waals surface area (Å²) < 4.78 is 16.8. The molecule has 0 aromatic rings. The van der Waals surface area contributed by atoms with E-state index in [0.717, 1.165) is 96.3 Å². The minimum atomic E-state index is -0.791. The van der Waals surface area contributed by atoms with Gasteiger partial charge in [0.1, 0.15) is 13.2 Å². The largest absolute Gasteiger partial charge is 0.462 e. The molecule has 0 spiro atoms. The lowest BCUT2D eigenvalue weighted by molar-refractivity contribution is -0.167. The first kappa shape index (κ1) is 64.8. The van der Waals surface area contributed by atoms with E-state index in [-0.39, 0.29) is 31.1 Å². The lowest BCUT2D eigenvalue weighted by atomic mass is 10.0. The molecule has 6 heteroatoms. The third-order valence-corrected chi connectivity index (χ3v) is 12.5. The fourth-order valence-corrected chi connectivity index (χ4v) is 8.18.